The Hall–Kier alpha value is -1.73. The first-order valence-electron chi connectivity index (χ1n) is 7.75. The zero-order valence-electron chi connectivity index (χ0n) is 14.2. The van der Waals surface area contributed by atoms with Gasteiger partial charge >= 0.3 is 0 Å². The molecule has 2 aromatic rings. The van der Waals surface area contributed by atoms with Gasteiger partial charge in [0.25, 0.3) is 0 Å². The van der Waals surface area contributed by atoms with E-state index in [-0.39, 0.29) is 0 Å². The summed E-state index contributed by atoms with van der Waals surface area (Å²) in [4.78, 5) is 0. The van der Waals surface area contributed by atoms with E-state index in [1.54, 1.807) is 0 Å². The molecule has 0 aliphatic rings. The van der Waals surface area contributed by atoms with E-state index in [1.807, 2.05) is 31.3 Å². The Morgan fingerprint density at radius 3 is 2.09 bits per heavy atom. The molecule has 0 unspecified atom stereocenters. The zero-order valence-corrected chi connectivity index (χ0v) is 15.0. The third kappa shape index (κ3) is 4.92. The first-order chi connectivity index (χ1) is 10.5. The second-order valence-electron chi connectivity index (χ2n) is 5.39. The van der Waals surface area contributed by atoms with Crippen LogP contribution in [0.4, 0.5) is 5.69 Å². The van der Waals surface area contributed by atoms with Gasteiger partial charge in [0.05, 0.1) is 0 Å². The van der Waals surface area contributed by atoms with Crippen LogP contribution in [-0.2, 0) is 0 Å². The third-order valence-electron chi connectivity index (χ3n) is 3.08. The minimum Gasteiger partial charge on any atom is -0.388 e. The molecule has 0 radical (unpaired) electrons. The third-order valence-corrected chi connectivity index (χ3v) is 3.32. The minimum absolute atomic E-state index is 0.753. The Labute approximate surface area is 140 Å². The molecule has 118 valence electrons. The van der Waals surface area contributed by atoms with Gasteiger partial charge in [-0.05, 0) is 43.2 Å². The molecule has 1 nitrogen and oxygen atoms in total. The average Bonchev–Trinajstić information content (AvgIpc) is 2.49. The van der Waals surface area contributed by atoms with Crippen molar-refractivity contribution in [3.05, 3.63) is 70.3 Å². The maximum Gasteiger partial charge on any atom is 0.0418 e. The average molecular weight is 316 g/mol. The lowest BCUT2D eigenvalue weighted by Gasteiger charge is -2.16. The van der Waals surface area contributed by atoms with Gasteiger partial charge in [-0.15, -0.1) is 0 Å². The highest BCUT2D eigenvalue weighted by Crippen LogP contribution is 2.33. The molecule has 2 heteroatoms. The molecule has 2 aromatic carbocycles. The molecule has 0 aromatic heterocycles. The van der Waals surface area contributed by atoms with E-state index >= 15 is 0 Å². The summed E-state index contributed by atoms with van der Waals surface area (Å²) >= 11 is 6.16. The summed E-state index contributed by atoms with van der Waals surface area (Å²) in [5, 5.41) is 3.99. The van der Waals surface area contributed by atoms with Crippen molar-refractivity contribution in [2.75, 3.05) is 12.4 Å². The monoisotopic (exact) mass is 315 g/mol. The molecule has 0 aliphatic heterocycles. The van der Waals surface area contributed by atoms with Crippen molar-refractivity contribution in [3.63, 3.8) is 0 Å². The molecule has 0 aliphatic carbocycles. The smallest absolute Gasteiger partial charge is 0.0418 e. The molecule has 22 heavy (non-hydrogen) atoms. The normalized spacial score (nSPS) is 9.55. The van der Waals surface area contributed by atoms with E-state index in [4.69, 9.17) is 11.6 Å². The van der Waals surface area contributed by atoms with E-state index in [2.05, 4.69) is 57.3 Å². The Balaban J connectivity index is 0.000000745. The maximum atomic E-state index is 6.16. The van der Waals surface area contributed by atoms with Crippen LogP contribution in [0.1, 0.15) is 45.2 Å². The van der Waals surface area contributed by atoms with Gasteiger partial charge in [0, 0.05) is 23.3 Å². The van der Waals surface area contributed by atoms with Crippen molar-refractivity contribution in [1.29, 1.82) is 0 Å². The van der Waals surface area contributed by atoms with Crippen LogP contribution in [-0.4, -0.2) is 7.05 Å². The largest absolute Gasteiger partial charge is 0.388 e. The van der Waals surface area contributed by atoms with Crippen LogP contribution >= 0.6 is 11.6 Å². The number of anilines is 1. The quantitative estimate of drug-likeness (QED) is 0.669. The highest BCUT2D eigenvalue weighted by atomic mass is 35.5. The maximum absolute atomic E-state index is 6.16. The van der Waals surface area contributed by atoms with E-state index in [0.29, 0.717) is 0 Å². The number of rotatable bonds is 3. The molecule has 0 fully saturated rings. The topological polar surface area (TPSA) is 12.0 Å². The van der Waals surface area contributed by atoms with Crippen molar-refractivity contribution in [1.82, 2.24) is 0 Å². The van der Waals surface area contributed by atoms with Gasteiger partial charge in [0.1, 0.15) is 0 Å². The van der Waals surface area contributed by atoms with Gasteiger partial charge in [-0.2, -0.15) is 0 Å². The molecule has 1 N–H and O–H groups in total. The highest BCUT2D eigenvalue weighted by Gasteiger charge is 2.11. The van der Waals surface area contributed by atoms with E-state index < -0.39 is 0 Å². The Kier molecular flexibility index (Phi) is 7.76. The fourth-order valence-electron chi connectivity index (χ4n) is 2.26. The Bertz CT molecular complexity index is 611. The van der Waals surface area contributed by atoms with Gasteiger partial charge in [-0.1, -0.05) is 67.8 Å². The lowest BCUT2D eigenvalue weighted by molar-refractivity contribution is 1.09. The summed E-state index contributed by atoms with van der Waals surface area (Å²) in [5.41, 5.74) is 5.93. The molecular formula is C20H26ClN. The number of hydrogen-bond donors (Lipinski definition) is 1. The van der Waals surface area contributed by atoms with Crippen LogP contribution in [0, 0.1) is 0 Å². The van der Waals surface area contributed by atoms with Crippen LogP contribution in [0.15, 0.2) is 54.1 Å². The van der Waals surface area contributed by atoms with Gasteiger partial charge in [-0.25, -0.2) is 0 Å². The molecule has 0 spiro atoms. The van der Waals surface area contributed by atoms with Crippen LogP contribution in [0.3, 0.4) is 0 Å². The summed E-state index contributed by atoms with van der Waals surface area (Å²) in [6.07, 6.45) is 1.25. The predicted octanol–water partition coefficient (Wildman–Crippen LogP) is 6.64. The van der Waals surface area contributed by atoms with E-state index in [1.165, 1.54) is 23.1 Å². The van der Waals surface area contributed by atoms with Crippen molar-refractivity contribution in [2.24, 2.45) is 0 Å². The number of hydrogen-bond acceptors (Lipinski definition) is 1. The first kappa shape index (κ1) is 18.3. The van der Waals surface area contributed by atoms with E-state index in [0.717, 1.165) is 16.3 Å². The zero-order chi connectivity index (χ0) is 16.5. The molecular weight excluding hydrogens is 290 g/mol. The number of benzene rings is 2. The van der Waals surface area contributed by atoms with Crippen LogP contribution in [0.25, 0.3) is 5.57 Å². The first-order valence-corrected chi connectivity index (χ1v) is 8.13. The van der Waals surface area contributed by atoms with Crippen molar-refractivity contribution < 1.29 is 0 Å². The predicted molar refractivity (Wildman–Crippen MR) is 101 cm³/mol. The summed E-state index contributed by atoms with van der Waals surface area (Å²) in [5.74, 6) is 0. The lowest BCUT2D eigenvalue weighted by Crippen LogP contribution is -1.98. The molecule has 0 atom stereocenters. The van der Waals surface area contributed by atoms with Gasteiger partial charge < -0.3 is 5.32 Å². The molecule has 2 rings (SSSR count). The Morgan fingerprint density at radius 1 is 1.00 bits per heavy atom. The number of nitrogens with one attached hydrogen (secondary N) is 1. The number of halogens is 1. The second kappa shape index (κ2) is 9.32. The minimum atomic E-state index is 0.753. The van der Waals surface area contributed by atoms with Gasteiger partial charge in [0.15, 0.2) is 0 Å². The summed E-state index contributed by atoms with van der Waals surface area (Å²) in [6.45, 7) is 8.51. The summed E-state index contributed by atoms with van der Waals surface area (Å²) < 4.78 is 0. The molecule has 0 heterocycles. The van der Waals surface area contributed by atoms with Gasteiger partial charge in [0.2, 0.25) is 0 Å². The second-order valence-corrected chi connectivity index (χ2v) is 5.82. The molecule has 0 saturated heterocycles. The molecule has 0 amide bonds. The Morgan fingerprint density at radius 2 is 1.59 bits per heavy atom. The van der Waals surface area contributed by atoms with Crippen LogP contribution in [0.2, 0.25) is 5.02 Å². The lowest BCUT2D eigenvalue weighted by atomic mass is 9.93. The fraction of sp³-hybridized carbons (Fsp3) is 0.300. The summed E-state index contributed by atoms with van der Waals surface area (Å²) in [7, 11) is 1.93. The van der Waals surface area contributed by atoms with Crippen molar-refractivity contribution in [3.8, 4) is 0 Å². The van der Waals surface area contributed by atoms with E-state index in [9.17, 15) is 0 Å². The van der Waals surface area contributed by atoms with Crippen LogP contribution in [0.5, 0.6) is 0 Å². The van der Waals surface area contributed by atoms with Crippen LogP contribution < -0.4 is 5.32 Å². The number of allylic oxidation sites excluding steroid dienone is 1. The standard InChI is InChI=1S/C17H18ClN.C3H8/c1-12(2)17(13-7-5-4-6-8-13)15-11-14(18)9-10-16(15)19-3;1-3-2/h4-11,19H,1-3H3;3H2,1-2H3. The molecule has 0 saturated carbocycles. The fourth-order valence-corrected chi connectivity index (χ4v) is 2.43. The highest BCUT2D eigenvalue weighted by molar-refractivity contribution is 6.31. The van der Waals surface area contributed by atoms with Crippen molar-refractivity contribution in [2.45, 2.75) is 34.1 Å². The van der Waals surface area contributed by atoms with Gasteiger partial charge in [-0.3, -0.25) is 0 Å². The SMILES string of the molecule is CCC.CNc1ccc(Cl)cc1C(=C(C)C)c1ccccc1. The summed E-state index contributed by atoms with van der Waals surface area (Å²) in [6, 6.07) is 16.3. The molecule has 0 bridgehead atoms. The van der Waals surface area contributed by atoms with Crippen molar-refractivity contribution >= 4 is 22.9 Å².